The second-order valence-electron chi connectivity index (χ2n) is 6.38. The second kappa shape index (κ2) is 9.93. The number of ether oxygens (including phenoxy) is 1. The van der Waals surface area contributed by atoms with Crippen LogP contribution < -0.4 is 15.4 Å². The van der Waals surface area contributed by atoms with Gasteiger partial charge in [-0.3, -0.25) is 9.59 Å². The molecule has 3 aromatic rings. The Morgan fingerprint density at radius 1 is 0.966 bits per heavy atom. The van der Waals surface area contributed by atoms with E-state index in [1.54, 1.807) is 31.4 Å². The van der Waals surface area contributed by atoms with Crippen molar-refractivity contribution in [3.8, 4) is 5.75 Å². The standard InChI is InChI=1S/C22H21BrN2O4/c1-28-18-8-4-15(5-9-18)12-13-24-21(26)14-16-2-6-17(7-3-16)25-22(27)19-10-11-20(23)29-19/h2-11H,12-14H2,1H3,(H,24,26)(H,25,27). The third kappa shape index (κ3) is 6.22. The zero-order valence-electron chi connectivity index (χ0n) is 15.9. The minimum Gasteiger partial charge on any atom is -0.497 e. The van der Waals surface area contributed by atoms with E-state index >= 15 is 0 Å². The van der Waals surface area contributed by atoms with Crippen molar-refractivity contribution in [2.45, 2.75) is 12.8 Å². The van der Waals surface area contributed by atoms with Crippen molar-refractivity contribution in [3.63, 3.8) is 0 Å². The Bertz CT molecular complexity index is 965. The molecule has 7 heteroatoms. The van der Waals surface area contributed by atoms with Crippen molar-refractivity contribution < 1.29 is 18.7 Å². The second-order valence-corrected chi connectivity index (χ2v) is 7.16. The molecular weight excluding hydrogens is 436 g/mol. The smallest absolute Gasteiger partial charge is 0.291 e. The molecule has 0 saturated carbocycles. The maximum Gasteiger partial charge on any atom is 0.291 e. The van der Waals surface area contributed by atoms with Gasteiger partial charge in [0.2, 0.25) is 5.91 Å². The highest BCUT2D eigenvalue weighted by Crippen LogP contribution is 2.17. The third-order valence-corrected chi connectivity index (χ3v) is 4.69. The Balaban J connectivity index is 1.43. The van der Waals surface area contributed by atoms with Crippen molar-refractivity contribution in [2.75, 3.05) is 19.0 Å². The lowest BCUT2D eigenvalue weighted by molar-refractivity contribution is -0.120. The van der Waals surface area contributed by atoms with E-state index in [1.165, 1.54) is 0 Å². The first-order valence-electron chi connectivity index (χ1n) is 9.09. The Kier molecular flexibility index (Phi) is 7.08. The quantitative estimate of drug-likeness (QED) is 0.531. The van der Waals surface area contributed by atoms with Crippen LogP contribution in [0.25, 0.3) is 0 Å². The summed E-state index contributed by atoms with van der Waals surface area (Å²) >= 11 is 3.17. The van der Waals surface area contributed by atoms with Gasteiger partial charge in [0.05, 0.1) is 13.5 Å². The van der Waals surface area contributed by atoms with Gasteiger partial charge in [-0.1, -0.05) is 24.3 Å². The van der Waals surface area contributed by atoms with Crippen LogP contribution in [0, 0.1) is 0 Å². The summed E-state index contributed by atoms with van der Waals surface area (Å²) in [6.45, 7) is 0.567. The van der Waals surface area contributed by atoms with Gasteiger partial charge in [0.1, 0.15) is 5.75 Å². The van der Waals surface area contributed by atoms with E-state index in [1.807, 2.05) is 36.4 Å². The van der Waals surface area contributed by atoms with E-state index in [2.05, 4.69) is 26.6 Å². The summed E-state index contributed by atoms with van der Waals surface area (Å²) in [6, 6.07) is 18.2. The summed E-state index contributed by atoms with van der Waals surface area (Å²) < 4.78 is 10.8. The molecule has 150 valence electrons. The summed E-state index contributed by atoms with van der Waals surface area (Å²) in [5.41, 5.74) is 2.63. The maximum atomic E-state index is 12.1. The van der Waals surface area contributed by atoms with Gasteiger partial charge in [-0.2, -0.15) is 0 Å². The number of furan rings is 1. The molecule has 0 fully saturated rings. The number of carbonyl (C=O) groups excluding carboxylic acids is 2. The molecule has 0 bridgehead atoms. The molecule has 3 rings (SSSR count). The van der Waals surface area contributed by atoms with E-state index in [0.29, 0.717) is 16.9 Å². The van der Waals surface area contributed by atoms with Gasteiger partial charge in [0.15, 0.2) is 10.4 Å². The van der Waals surface area contributed by atoms with Crippen LogP contribution in [0.15, 0.2) is 69.8 Å². The highest BCUT2D eigenvalue weighted by atomic mass is 79.9. The van der Waals surface area contributed by atoms with Crippen LogP contribution in [0.4, 0.5) is 5.69 Å². The summed E-state index contributed by atoms with van der Waals surface area (Å²) in [6.07, 6.45) is 1.03. The number of halogens is 1. The van der Waals surface area contributed by atoms with Crippen LogP contribution in [0.2, 0.25) is 0 Å². The number of nitrogens with one attached hydrogen (secondary N) is 2. The fourth-order valence-electron chi connectivity index (χ4n) is 2.72. The first kappa shape index (κ1) is 20.7. The predicted molar refractivity (Wildman–Crippen MR) is 114 cm³/mol. The lowest BCUT2D eigenvalue weighted by atomic mass is 10.1. The molecule has 1 aromatic heterocycles. The van der Waals surface area contributed by atoms with Gasteiger partial charge in [-0.05, 0) is 69.9 Å². The lowest BCUT2D eigenvalue weighted by Gasteiger charge is -2.08. The molecule has 2 aromatic carbocycles. The van der Waals surface area contributed by atoms with Crippen LogP contribution in [0.3, 0.4) is 0 Å². The first-order valence-corrected chi connectivity index (χ1v) is 9.88. The summed E-state index contributed by atoms with van der Waals surface area (Å²) in [5.74, 6) is 0.655. The zero-order chi connectivity index (χ0) is 20.6. The highest BCUT2D eigenvalue weighted by molar-refractivity contribution is 9.10. The molecule has 0 aliphatic rings. The Labute approximate surface area is 177 Å². The number of carbonyl (C=O) groups is 2. The molecule has 1 heterocycles. The molecule has 0 aliphatic carbocycles. The summed E-state index contributed by atoms with van der Waals surface area (Å²) in [4.78, 5) is 24.2. The Morgan fingerprint density at radius 3 is 2.28 bits per heavy atom. The number of methoxy groups -OCH3 is 1. The molecule has 0 radical (unpaired) electrons. The van der Waals surface area contributed by atoms with Crippen LogP contribution in [0.5, 0.6) is 5.75 Å². The fraction of sp³-hybridized carbons (Fsp3) is 0.182. The lowest BCUT2D eigenvalue weighted by Crippen LogP contribution is -2.27. The van der Waals surface area contributed by atoms with Gasteiger partial charge in [0.25, 0.3) is 5.91 Å². The number of hydrogen-bond donors (Lipinski definition) is 2. The predicted octanol–water partition coefficient (Wildman–Crippen LogP) is 4.20. The van der Waals surface area contributed by atoms with Crippen molar-refractivity contribution >= 4 is 33.4 Å². The molecule has 0 atom stereocenters. The van der Waals surface area contributed by atoms with Gasteiger partial charge in [0, 0.05) is 12.2 Å². The average Bonchev–Trinajstić information content (AvgIpc) is 3.16. The minimum absolute atomic E-state index is 0.0456. The van der Waals surface area contributed by atoms with Crippen LogP contribution in [0.1, 0.15) is 21.7 Å². The fourth-order valence-corrected chi connectivity index (χ4v) is 3.03. The van der Waals surface area contributed by atoms with Gasteiger partial charge in [-0.15, -0.1) is 0 Å². The number of anilines is 1. The first-order chi connectivity index (χ1) is 14.0. The van der Waals surface area contributed by atoms with E-state index in [4.69, 9.17) is 9.15 Å². The molecule has 6 nitrogen and oxygen atoms in total. The maximum absolute atomic E-state index is 12.1. The largest absolute Gasteiger partial charge is 0.497 e. The van der Waals surface area contributed by atoms with Gasteiger partial charge in [-0.25, -0.2) is 0 Å². The average molecular weight is 457 g/mol. The van der Waals surface area contributed by atoms with Crippen molar-refractivity contribution in [3.05, 3.63) is 82.2 Å². The molecule has 0 unspecified atom stereocenters. The van der Waals surface area contributed by atoms with Crippen LogP contribution in [-0.4, -0.2) is 25.5 Å². The van der Waals surface area contributed by atoms with Crippen molar-refractivity contribution in [2.24, 2.45) is 0 Å². The number of benzene rings is 2. The van der Waals surface area contributed by atoms with Crippen molar-refractivity contribution in [1.82, 2.24) is 5.32 Å². The monoisotopic (exact) mass is 456 g/mol. The van der Waals surface area contributed by atoms with Gasteiger partial charge >= 0.3 is 0 Å². The van der Waals surface area contributed by atoms with Gasteiger partial charge < -0.3 is 19.8 Å². The van der Waals surface area contributed by atoms with Crippen LogP contribution in [-0.2, 0) is 17.6 Å². The topological polar surface area (TPSA) is 80.6 Å². The molecular formula is C22H21BrN2O4. The van der Waals surface area contributed by atoms with Crippen molar-refractivity contribution in [1.29, 1.82) is 0 Å². The Hall–Kier alpha value is -3.06. The molecule has 2 N–H and O–H groups in total. The SMILES string of the molecule is COc1ccc(CCNC(=O)Cc2ccc(NC(=O)c3ccc(Br)o3)cc2)cc1. The summed E-state index contributed by atoms with van der Waals surface area (Å²) in [7, 11) is 1.63. The molecule has 29 heavy (non-hydrogen) atoms. The van der Waals surface area contributed by atoms with E-state index < -0.39 is 0 Å². The van der Waals surface area contributed by atoms with Crippen LogP contribution >= 0.6 is 15.9 Å². The molecule has 0 spiro atoms. The normalized spacial score (nSPS) is 10.4. The zero-order valence-corrected chi connectivity index (χ0v) is 17.5. The van der Waals surface area contributed by atoms with E-state index in [0.717, 1.165) is 23.3 Å². The molecule has 0 aliphatic heterocycles. The molecule has 2 amide bonds. The number of amides is 2. The number of hydrogen-bond acceptors (Lipinski definition) is 4. The van der Waals surface area contributed by atoms with E-state index in [-0.39, 0.29) is 24.0 Å². The molecule has 0 saturated heterocycles. The Morgan fingerprint density at radius 2 is 1.66 bits per heavy atom. The highest BCUT2D eigenvalue weighted by Gasteiger charge is 2.11. The summed E-state index contributed by atoms with van der Waals surface area (Å²) in [5, 5.41) is 5.67. The third-order valence-electron chi connectivity index (χ3n) is 4.27. The van der Waals surface area contributed by atoms with E-state index in [9.17, 15) is 9.59 Å². The number of rotatable bonds is 8. The minimum atomic E-state index is -0.334.